The van der Waals surface area contributed by atoms with E-state index in [1.807, 2.05) is 18.2 Å². The Labute approximate surface area is 103 Å². The van der Waals surface area contributed by atoms with Crippen LogP contribution >= 0.6 is 0 Å². The largest absolute Gasteiger partial charge is 0.463 e. The Morgan fingerprint density at radius 1 is 1.22 bits per heavy atom. The van der Waals surface area contributed by atoms with E-state index < -0.39 is 0 Å². The minimum atomic E-state index is -0.317. The maximum Gasteiger partial charge on any atom is 0.343 e. The molecule has 3 heterocycles. The Kier molecular flexibility index (Phi) is 2.02. The minimum absolute atomic E-state index is 0.0228. The van der Waals surface area contributed by atoms with Gasteiger partial charge in [0, 0.05) is 0 Å². The van der Waals surface area contributed by atoms with E-state index in [2.05, 4.69) is 0 Å². The number of ether oxygens (including phenoxy) is 2. The van der Waals surface area contributed by atoms with Gasteiger partial charge >= 0.3 is 5.63 Å². The zero-order valence-corrected chi connectivity index (χ0v) is 9.72. The first-order valence-corrected chi connectivity index (χ1v) is 6.18. The van der Waals surface area contributed by atoms with Crippen LogP contribution < -0.4 is 10.4 Å². The van der Waals surface area contributed by atoms with Crippen LogP contribution in [0.15, 0.2) is 33.5 Å². The highest BCUT2D eigenvalue weighted by Gasteiger charge is 2.41. The zero-order valence-electron chi connectivity index (χ0n) is 9.72. The molecule has 92 valence electrons. The molecule has 1 aromatic heterocycles. The van der Waals surface area contributed by atoms with E-state index in [0.717, 1.165) is 18.2 Å². The topological polar surface area (TPSA) is 48.7 Å². The highest BCUT2D eigenvalue weighted by Crippen LogP contribution is 2.44. The lowest BCUT2D eigenvalue weighted by Gasteiger charge is -2.23. The lowest BCUT2D eigenvalue weighted by molar-refractivity contribution is -0.104. The second kappa shape index (κ2) is 3.59. The summed E-state index contributed by atoms with van der Waals surface area (Å²) >= 11 is 0. The van der Waals surface area contributed by atoms with E-state index in [-0.39, 0.29) is 17.8 Å². The summed E-state index contributed by atoms with van der Waals surface area (Å²) in [7, 11) is 0. The predicted molar refractivity (Wildman–Crippen MR) is 64.8 cm³/mol. The van der Waals surface area contributed by atoms with Crippen molar-refractivity contribution in [1.82, 2.24) is 0 Å². The summed E-state index contributed by atoms with van der Waals surface area (Å²) in [5, 5.41) is 0.852. The summed E-state index contributed by atoms with van der Waals surface area (Å²) in [4.78, 5) is 12.1. The Bertz CT molecular complexity index is 673. The van der Waals surface area contributed by atoms with Gasteiger partial charge in [-0.15, -0.1) is 0 Å². The normalized spacial score (nSPS) is 25.6. The van der Waals surface area contributed by atoms with Crippen LogP contribution in [0.4, 0.5) is 0 Å². The first-order valence-electron chi connectivity index (χ1n) is 6.18. The molecule has 4 heteroatoms. The van der Waals surface area contributed by atoms with Crippen LogP contribution in [0.2, 0.25) is 0 Å². The van der Waals surface area contributed by atoms with Crippen molar-refractivity contribution >= 4 is 11.0 Å². The van der Waals surface area contributed by atoms with Crippen molar-refractivity contribution in [3.63, 3.8) is 0 Å². The van der Waals surface area contributed by atoms with Gasteiger partial charge in [-0.05, 0) is 25.0 Å². The first kappa shape index (κ1) is 10.1. The molecule has 2 atom stereocenters. The van der Waals surface area contributed by atoms with Gasteiger partial charge < -0.3 is 13.9 Å². The van der Waals surface area contributed by atoms with Crippen molar-refractivity contribution in [3.8, 4) is 5.75 Å². The Morgan fingerprint density at radius 2 is 2.11 bits per heavy atom. The number of fused-ring (bicyclic) bond motifs is 5. The SMILES string of the molecule is O=c1oc2ccccc2c2c1[C@H]1CCCO[C@H]1O2. The highest BCUT2D eigenvalue weighted by atomic mass is 16.7. The van der Waals surface area contributed by atoms with E-state index in [9.17, 15) is 4.79 Å². The van der Waals surface area contributed by atoms with Crippen LogP contribution in [0, 0.1) is 0 Å². The fraction of sp³-hybridized carbons (Fsp3) is 0.357. The fourth-order valence-corrected chi connectivity index (χ4v) is 2.85. The standard InChI is InChI=1S/C14H12O4/c15-13-11-9-5-3-7-16-14(9)18-12(11)8-4-1-2-6-10(8)17-13/h1-2,4,6,9,14H,3,5,7H2/t9-,14+/m1/s1. The molecule has 0 saturated carbocycles. The van der Waals surface area contributed by atoms with E-state index in [1.54, 1.807) is 6.07 Å². The molecule has 18 heavy (non-hydrogen) atoms. The lowest BCUT2D eigenvalue weighted by Crippen LogP contribution is -2.28. The quantitative estimate of drug-likeness (QED) is 0.668. The van der Waals surface area contributed by atoms with Crippen LogP contribution in [0.1, 0.15) is 24.3 Å². The van der Waals surface area contributed by atoms with Gasteiger partial charge in [-0.2, -0.15) is 0 Å². The molecule has 1 fully saturated rings. The molecule has 0 spiro atoms. The van der Waals surface area contributed by atoms with Crippen LogP contribution in [0.5, 0.6) is 5.75 Å². The molecule has 2 aliphatic rings. The van der Waals surface area contributed by atoms with Crippen molar-refractivity contribution < 1.29 is 13.9 Å². The monoisotopic (exact) mass is 244 g/mol. The van der Waals surface area contributed by atoms with Crippen LogP contribution in [-0.2, 0) is 4.74 Å². The molecule has 0 bridgehead atoms. The second-order valence-corrected chi connectivity index (χ2v) is 4.73. The number of para-hydroxylation sites is 1. The molecule has 4 nitrogen and oxygen atoms in total. The minimum Gasteiger partial charge on any atom is -0.463 e. The van der Waals surface area contributed by atoms with Crippen molar-refractivity contribution in [2.45, 2.75) is 25.0 Å². The van der Waals surface area contributed by atoms with Gasteiger partial charge in [0.2, 0.25) is 6.29 Å². The molecule has 0 radical (unpaired) electrons. The zero-order chi connectivity index (χ0) is 12.1. The average Bonchev–Trinajstić information content (AvgIpc) is 2.79. The summed E-state index contributed by atoms with van der Waals surface area (Å²) in [6.07, 6.45) is 1.55. The molecular formula is C14H12O4. The third kappa shape index (κ3) is 1.26. The third-order valence-corrected chi connectivity index (χ3v) is 3.67. The van der Waals surface area contributed by atoms with E-state index in [1.165, 1.54) is 0 Å². The maximum atomic E-state index is 12.1. The molecule has 2 aromatic rings. The smallest absolute Gasteiger partial charge is 0.343 e. The molecule has 2 aliphatic heterocycles. The molecule has 0 aliphatic carbocycles. The van der Waals surface area contributed by atoms with Crippen molar-refractivity contribution in [3.05, 3.63) is 40.2 Å². The number of hydrogen-bond donors (Lipinski definition) is 0. The van der Waals surface area contributed by atoms with Crippen molar-refractivity contribution in [2.75, 3.05) is 6.61 Å². The van der Waals surface area contributed by atoms with Crippen LogP contribution in [0.3, 0.4) is 0 Å². The van der Waals surface area contributed by atoms with Crippen molar-refractivity contribution in [1.29, 1.82) is 0 Å². The number of hydrogen-bond acceptors (Lipinski definition) is 4. The van der Waals surface area contributed by atoms with Crippen molar-refractivity contribution in [2.24, 2.45) is 0 Å². The van der Waals surface area contributed by atoms with E-state index >= 15 is 0 Å². The molecular weight excluding hydrogens is 232 g/mol. The van der Waals surface area contributed by atoms with Gasteiger partial charge in [0.1, 0.15) is 11.3 Å². The number of rotatable bonds is 0. The Morgan fingerprint density at radius 3 is 3.06 bits per heavy atom. The predicted octanol–water partition coefficient (Wildman–Crippen LogP) is 2.41. The van der Waals surface area contributed by atoms with E-state index in [4.69, 9.17) is 13.9 Å². The van der Waals surface area contributed by atoms with Gasteiger partial charge in [0.05, 0.1) is 23.5 Å². The van der Waals surface area contributed by atoms with Gasteiger partial charge in [0.25, 0.3) is 0 Å². The molecule has 1 aromatic carbocycles. The van der Waals surface area contributed by atoms with Gasteiger partial charge in [-0.25, -0.2) is 4.79 Å². The van der Waals surface area contributed by atoms with Gasteiger partial charge in [-0.3, -0.25) is 0 Å². The first-order chi connectivity index (χ1) is 8.84. The lowest BCUT2D eigenvalue weighted by atomic mass is 9.94. The molecule has 1 saturated heterocycles. The fourth-order valence-electron chi connectivity index (χ4n) is 2.85. The third-order valence-electron chi connectivity index (χ3n) is 3.67. The Hall–Kier alpha value is -1.81. The summed E-state index contributed by atoms with van der Waals surface area (Å²) in [6.45, 7) is 0.693. The summed E-state index contributed by atoms with van der Waals surface area (Å²) in [5.41, 5.74) is 0.931. The molecule has 4 rings (SSSR count). The second-order valence-electron chi connectivity index (χ2n) is 4.73. The summed E-state index contributed by atoms with van der Waals surface area (Å²) in [6, 6.07) is 7.45. The van der Waals surface area contributed by atoms with Gasteiger partial charge in [0.15, 0.2) is 0 Å². The summed E-state index contributed by atoms with van der Waals surface area (Å²) in [5.74, 6) is 0.674. The summed E-state index contributed by atoms with van der Waals surface area (Å²) < 4.78 is 16.8. The maximum absolute atomic E-state index is 12.1. The van der Waals surface area contributed by atoms with Crippen LogP contribution in [-0.4, -0.2) is 12.9 Å². The highest BCUT2D eigenvalue weighted by molar-refractivity contribution is 5.85. The Balaban J connectivity index is 2.02. The molecule has 0 N–H and O–H groups in total. The molecule has 0 amide bonds. The van der Waals surface area contributed by atoms with Crippen LogP contribution in [0.25, 0.3) is 11.0 Å². The van der Waals surface area contributed by atoms with E-state index in [0.29, 0.717) is 23.5 Å². The average molecular weight is 244 g/mol. The number of benzene rings is 1. The van der Waals surface area contributed by atoms with Gasteiger partial charge in [-0.1, -0.05) is 12.1 Å². The molecule has 0 unspecified atom stereocenters.